The van der Waals surface area contributed by atoms with E-state index in [-0.39, 0.29) is 18.5 Å². The Bertz CT molecular complexity index is 572. The van der Waals surface area contributed by atoms with Crippen LogP contribution in [-0.2, 0) is 4.79 Å². The molecular weight excluding hydrogens is 304 g/mol. The second-order valence-corrected chi connectivity index (χ2v) is 5.89. The van der Waals surface area contributed by atoms with E-state index in [0.717, 1.165) is 25.3 Å². The van der Waals surface area contributed by atoms with Crippen molar-refractivity contribution in [2.75, 3.05) is 45.2 Å². The number of guanidine groups is 1. The van der Waals surface area contributed by atoms with Crippen LogP contribution in [0.3, 0.4) is 0 Å². The van der Waals surface area contributed by atoms with Crippen molar-refractivity contribution >= 4 is 17.7 Å². The molecule has 0 radical (unpaired) electrons. The number of rotatable bonds is 6. The van der Waals surface area contributed by atoms with Crippen molar-refractivity contribution in [3.05, 3.63) is 37.1 Å². The van der Waals surface area contributed by atoms with Crippen molar-refractivity contribution < 1.29 is 4.79 Å². The Labute approximate surface area is 143 Å². The van der Waals surface area contributed by atoms with Gasteiger partial charge in [-0.1, -0.05) is 12.1 Å². The summed E-state index contributed by atoms with van der Waals surface area (Å²) in [7, 11) is 3.45. The average molecular weight is 330 g/mol. The van der Waals surface area contributed by atoms with Crippen LogP contribution in [0.2, 0.25) is 0 Å². The third-order valence-corrected chi connectivity index (χ3v) is 3.79. The van der Waals surface area contributed by atoms with Crippen molar-refractivity contribution in [1.29, 1.82) is 0 Å². The summed E-state index contributed by atoms with van der Waals surface area (Å²) in [5.41, 5.74) is 0. The highest BCUT2D eigenvalue weighted by molar-refractivity contribution is 5.85. The van der Waals surface area contributed by atoms with E-state index in [2.05, 4.69) is 32.1 Å². The summed E-state index contributed by atoms with van der Waals surface area (Å²) in [6, 6.07) is 6.19. The number of hydrogen-bond donors (Lipinski definition) is 2. The topological polar surface area (TPSA) is 72.9 Å². The molecule has 1 aliphatic rings. The molecule has 0 spiro atoms. The zero-order valence-corrected chi connectivity index (χ0v) is 14.4. The van der Waals surface area contributed by atoms with E-state index in [1.165, 1.54) is 4.90 Å². The summed E-state index contributed by atoms with van der Waals surface area (Å²) in [4.78, 5) is 24.3. The molecule has 1 amide bonds. The average Bonchev–Trinajstić information content (AvgIpc) is 3.06. The first-order chi connectivity index (χ1) is 11.6. The number of pyridine rings is 1. The van der Waals surface area contributed by atoms with Crippen LogP contribution in [-0.4, -0.2) is 68.1 Å². The summed E-state index contributed by atoms with van der Waals surface area (Å²) in [5, 5.41) is 6.56. The van der Waals surface area contributed by atoms with Gasteiger partial charge in [0.25, 0.3) is 0 Å². The number of amides is 1. The van der Waals surface area contributed by atoms with Crippen molar-refractivity contribution in [1.82, 2.24) is 20.5 Å². The van der Waals surface area contributed by atoms with Crippen molar-refractivity contribution in [2.24, 2.45) is 4.99 Å². The van der Waals surface area contributed by atoms with E-state index in [0.29, 0.717) is 12.5 Å². The fourth-order valence-corrected chi connectivity index (χ4v) is 2.43. The fourth-order valence-electron chi connectivity index (χ4n) is 2.43. The third kappa shape index (κ3) is 5.26. The van der Waals surface area contributed by atoms with E-state index in [1.54, 1.807) is 20.2 Å². The third-order valence-electron chi connectivity index (χ3n) is 3.79. The summed E-state index contributed by atoms with van der Waals surface area (Å²) < 4.78 is 0. The predicted octanol–water partition coefficient (Wildman–Crippen LogP) is 0.470. The molecule has 1 saturated heterocycles. The lowest BCUT2D eigenvalue weighted by molar-refractivity contribution is -0.127. The molecule has 1 aromatic heterocycles. The maximum atomic E-state index is 11.7. The number of carbonyl (C=O) groups is 1. The van der Waals surface area contributed by atoms with Gasteiger partial charge in [-0.25, -0.2) is 9.98 Å². The molecule has 1 atom stereocenters. The van der Waals surface area contributed by atoms with Crippen LogP contribution in [0.5, 0.6) is 0 Å². The van der Waals surface area contributed by atoms with E-state index >= 15 is 0 Å². The monoisotopic (exact) mass is 330 g/mol. The molecule has 130 valence electrons. The zero-order valence-electron chi connectivity index (χ0n) is 14.4. The highest BCUT2D eigenvalue weighted by Crippen LogP contribution is 2.17. The van der Waals surface area contributed by atoms with Gasteiger partial charge in [-0.15, -0.1) is 6.58 Å². The van der Waals surface area contributed by atoms with Gasteiger partial charge in [0.1, 0.15) is 12.4 Å². The quantitative estimate of drug-likeness (QED) is 0.451. The van der Waals surface area contributed by atoms with E-state index in [9.17, 15) is 4.79 Å². The first-order valence-electron chi connectivity index (χ1n) is 8.12. The minimum Gasteiger partial charge on any atom is -0.354 e. The van der Waals surface area contributed by atoms with E-state index < -0.39 is 0 Å². The number of aliphatic imine (C=N–C) groups is 1. The Balaban J connectivity index is 1.93. The predicted molar refractivity (Wildman–Crippen MR) is 97.2 cm³/mol. The largest absolute Gasteiger partial charge is 0.354 e. The molecule has 1 aromatic rings. The Morgan fingerprint density at radius 3 is 3.04 bits per heavy atom. The molecule has 2 rings (SSSR count). The highest BCUT2D eigenvalue weighted by atomic mass is 16.2. The van der Waals surface area contributed by atoms with Gasteiger partial charge < -0.3 is 20.4 Å². The summed E-state index contributed by atoms with van der Waals surface area (Å²) in [6.07, 6.45) is 4.56. The highest BCUT2D eigenvalue weighted by Gasteiger charge is 2.24. The van der Waals surface area contributed by atoms with Gasteiger partial charge >= 0.3 is 0 Å². The lowest BCUT2D eigenvalue weighted by Crippen LogP contribution is -2.45. The molecule has 7 heteroatoms. The number of aromatic nitrogens is 1. The summed E-state index contributed by atoms with van der Waals surface area (Å²) in [5.74, 6) is 1.59. The van der Waals surface area contributed by atoms with Gasteiger partial charge in [0, 0.05) is 46.0 Å². The molecule has 7 nitrogen and oxygen atoms in total. The second-order valence-electron chi connectivity index (χ2n) is 5.89. The lowest BCUT2D eigenvalue weighted by atomic mass is 10.3. The Morgan fingerprint density at radius 2 is 2.38 bits per heavy atom. The van der Waals surface area contributed by atoms with Crippen molar-refractivity contribution in [3.63, 3.8) is 0 Å². The number of likely N-dealkylation sites (N-methyl/N-ethyl adjacent to an activating group) is 1. The van der Waals surface area contributed by atoms with E-state index in [1.807, 2.05) is 24.4 Å². The minimum atomic E-state index is -0.0313. The normalized spacial score (nSPS) is 17.5. The smallest absolute Gasteiger partial charge is 0.243 e. The van der Waals surface area contributed by atoms with Crippen LogP contribution < -0.4 is 15.5 Å². The molecule has 0 saturated carbocycles. The Kier molecular flexibility index (Phi) is 6.60. The van der Waals surface area contributed by atoms with Crippen LogP contribution in [0.15, 0.2) is 42.0 Å². The molecule has 1 unspecified atom stereocenters. The number of hydrogen-bond acceptors (Lipinski definition) is 4. The van der Waals surface area contributed by atoms with Gasteiger partial charge in [0.2, 0.25) is 5.91 Å². The fraction of sp³-hybridized carbons (Fsp3) is 0.471. The lowest BCUT2D eigenvalue weighted by Gasteiger charge is -2.19. The SMILES string of the molecule is C=CCNC(=NCC(=O)N(C)C)NC1CCN(c2ccccn2)C1. The number of nitrogens with zero attached hydrogens (tertiary/aromatic N) is 4. The van der Waals surface area contributed by atoms with Crippen LogP contribution >= 0.6 is 0 Å². The maximum Gasteiger partial charge on any atom is 0.243 e. The zero-order chi connectivity index (χ0) is 17.4. The van der Waals surface area contributed by atoms with Crippen LogP contribution in [0.1, 0.15) is 6.42 Å². The van der Waals surface area contributed by atoms with Crippen LogP contribution in [0.4, 0.5) is 5.82 Å². The molecule has 1 fully saturated rings. The van der Waals surface area contributed by atoms with Gasteiger partial charge in [-0.05, 0) is 18.6 Å². The second kappa shape index (κ2) is 8.90. The Morgan fingerprint density at radius 1 is 1.54 bits per heavy atom. The minimum absolute atomic E-state index is 0.0313. The molecule has 24 heavy (non-hydrogen) atoms. The molecule has 1 aliphatic heterocycles. The molecule has 0 aromatic carbocycles. The molecular formula is C17H26N6O. The van der Waals surface area contributed by atoms with Gasteiger partial charge in [0.05, 0.1) is 0 Å². The van der Waals surface area contributed by atoms with Crippen molar-refractivity contribution in [2.45, 2.75) is 12.5 Å². The Hall–Kier alpha value is -2.57. The standard InChI is InChI=1S/C17H26N6O/c1-4-9-19-17(20-12-16(24)22(2)3)21-14-8-11-23(13-14)15-7-5-6-10-18-15/h4-7,10,14H,1,8-9,11-13H2,2-3H3,(H2,19,20,21). The number of nitrogens with one attached hydrogen (secondary N) is 2. The van der Waals surface area contributed by atoms with Crippen LogP contribution in [0.25, 0.3) is 0 Å². The number of carbonyl (C=O) groups excluding carboxylic acids is 1. The maximum absolute atomic E-state index is 11.7. The number of anilines is 1. The first-order valence-corrected chi connectivity index (χ1v) is 8.12. The molecule has 0 aliphatic carbocycles. The van der Waals surface area contributed by atoms with Crippen LogP contribution in [0, 0.1) is 0 Å². The molecule has 0 bridgehead atoms. The molecule has 2 heterocycles. The van der Waals surface area contributed by atoms with Gasteiger partial charge in [0.15, 0.2) is 5.96 Å². The van der Waals surface area contributed by atoms with Crippen molar-refractivity contribution in [3.8, 4) is 0 Å². The first kappa shape index (κ1) is 17.8. The summed E-state index contributed by atoms with van der Waals surface area (Å²) in [6.45, 7) is 6.22. The molecule has 2 N–H and O–H groups in total. The van der Waals surface area contributed by atoms with Gasteiger partial charge in [-0.3, -0.25) is 4.79 Å². The van der Waals surface area contributed by atoms with E-state index in [4.69, 9.17) is 0 Å². The summed E-state index contributed by atoms with van der Waals surface area (Å²) >= 11 is 0. The van der Waals surface area contributed by atoms with Gasteiger partial charge in [-0.2, -0.15) is 0 Å².